The fraction of sp³-hybridized carbons (Fsp3) is 0.118. The van der Waals surface area contributed by atoms with Crippen molar-refractivity contribution in [3.8, 4) is 11.8 Å². The summed E-state index contributed by atoms with van der Waals surface area (Å²) in [5.74, 6) is -0.189. The standard InChI is InChI=1S/C17H13ClN6OS/c1-11(16(25)20-14-6-2-12(10-19)3-7-14)26-17-21-22-23-24(17)15-8-4-13(18)5-9-15/h2-9,11H,1H3,(H,20,25). The van der Waals surface area contributed by atoms with Crippen molar-refractivity contribution in [2.24, 2.45) is 0 Å². The molecule has 130 valence electrons. The summed E-state index contributed by atoms with van der Waals surface area (Å²) in [7, 11) is 0. The molecule has 0 aliphatic carbocycles. The number of hydrogen-bond acceptors (Lipinski definition) is 6. The van der Waals surface area contributed by atoms with Crippen LogP contribution in [0.4, 0.5) is 5.69 Å². The first-order valence-electron chi connectivity index (χ1n) is 7.59. The normalized spacial score (nSPS) is 11.6. The van der Waals surface area contributed by atoms with Crippen LogP contribution in [0.15, 0.2) is 53.7 Å². The third kappa shape index (κ3) is 4.20. The van der Waals surface area contributed by atoms with E-state index in [1.807, 2.05) is 6.07 Å². The van der Waals surface area contributed by atoms with Gasteiger partial charge in [0.2, 0.25) is 11.1 Å². The number of carbonyl (C=O) groups is 1. The molecule has 0 radical (unpaired) electrons. The molecule has 0 saturated carbocycles. The van der Waals surface area contributed by atoms with Gasteiger partial charge >= 0.3 is 0 Å². The minimum atomic E-state index is -0.428. The van der Waals surface area contributed by atoms with E-state index in [1.165, 1.54) is 11.8 Å². The van der Waals surface area contributed by atoms with Gasteiger partial charge in [0.15, 0.2) is 0 Å². The molecule has 1 amide bonds. The number of benzene rings is 2. The fourth-order valence-corrected chi connectivity index (χ4v) is 3.01. The molecular weight excluding hydrogens is 372 g/mol. The molecule has 26 heavy (non-hydrogen) atoms. The molecule has 0 fully saturated rings. The molecule has 0 bridgehead atoms. The van der Waals surface area contributed by atoms with Crippen LogP contribution in [-0.2, 0) is 4.79 Å². The van der Waals surface area contributed by atoms with Crippen LogP contribution in [0.5, 0.6) is 0 Å². The average Bonchev–Trinajstić information content (AvgIpc) is 3.11. The highest BCUT2D eigenvalue weighted by Gasteiger charge is 2.19. The van der Waals surface area contributed by atoms with E-state index in [9.17, 15) is 4.79 Å². The molecule has 2 aromatic carbocycles. The third-order valence-electron chi connectivity index (χ3n) is 3.45. The van der Waals surface area contributed by atoms with Crippen LogP contribution in [0.2, 0.25) is 5.02 Å². The molecule has 1 N–H and O–H groups in total. The number of amides is 1. The number of aromatic nitrogens is 4. The van der Waals surface area contributed by atoms with E-state index in [1.54, 1.807) is 60.1 Å². The summed E-state index contributed by atoms with van der Waals surface area (Å²) >= 11 is 7.14. The van der Waals surface area contributed by atoms with E-state index in [-0.39, 0.29) is 5.91 Å². The Labute approximate surface area is 159 Å². The van der Waals surface area contributed by atoms with Gasteiger partial charge in [0.25, 0.3) is 0 Å². The van der Waals surface area contributed by atoms with E-state index >= 15 is 0 Å². The summed E-state index contributed by atoms with van der Waals surface area (Å²) in [6.45, 7) is 1.77. The molecule has 9 heteroatoms. The predicted molar refractivity (Wildman–Crippen MR) is 99.3 cm³/mol. The van der Waals surface area contributed by atoms with Gasteiger partial charge in [-0.2, -0.15) is 9.94 Å². The number of nitriles is 1. The van der Waals surface area contributed by atoms with E-state index in [0.29, 0.717) is 21.4 Å². The van der Waals surface area contributed by atoms with Gasteiger partial charge in [-0.05, 0) is 65.9 Å². The Morgan fingerprint density at radius 2 is 1.92 bits per heavy atom. The first kappa shape index (κ1) is 17.9. The second-order valence-corrected chi connectivity index (χ2v) is 7.03. The van der Waals surface area contributed by atoms with Crippen LogP contribution in [0, 0.1) is 11.3 Å². The lowest BCUT2D eigenvalue weighted by molar-refractivity contribution is -0.115. The maximum atomic E-state index is 12.4. The van der Waals surface area contributed by atoms with E-state index < -0.39 is 5.25 Å². The van der Waals surface area contributed by atoms with Crippen molar-refractivity contribution >= 4 is 35.0 Å². The zero-order valence-electron chi connectivity index (χ0n) is 13.6. The highest BCUT2D eigenvalue weighted by molar-refractivity contribution is 8.00. The van der Waals surface area contributed by atoms with Gasteiger partial charge in [-0.1, -0.05) is 23.4 Å². The Morgan fingerprint density at radius 1 is 1.23 bits per heavy atom. The van der Waals surface area contributed by atoms with Crippen LogP contribution in [-0.4, -0.2) is 31.4 Å². The second-order valence-electron chi connectivity index (χ2n) is 5.29. The first-order valence-corrected chi connectivity index (χ1v) is 8.84. The van der Waals surface area contributed by atoms with Crippen molar-refractivity contribution in [1.29, 1.82) is 5.26 Å². The minimum absolute atomic E-state index is 0.189. The number of thioether (sulfide) groups is 1. The predicted octanol–water partition coefficient (Wildman–Crippen LogP) is 3.31. The van der Waals surface area contributed by atoms with Gasteiger partial charge in [-0.15, -0.1) is 5.10 Å². The molecule has 1 atom stereocenters. The number of rotatable bonds is 5. The van der Waals surface area contributed by atoms with E-state index in [2.05, 4.69) is 20.8 Å². The zero-order chi connectivity index (χ0) is 18.5. The molecule has 1 heterocycles. The lowest BCUT2D eigenvalue weighted by atomic mass is 10.2. The lowest BCUT2D eigenvalue weighted by Gasteiger charge is -2.11. The quantitative estimate of drug-likeness (QED) is 0.678. The Morgan fingerprint density at radius 3 is 2.58 bits per heavy atom. The summed E-state index contributed by atoms with van der Waals surface area (Å²) < 4.78 is 1.55. The molecular formula is C17H13ClN6OS. The van der Waals surface area contributed by atoms with Crippen molar-refractivity contribution in [3.63, 3.8) is 0 Å². The molecule has 7 nitrogen and oxygen atoms in total. The first-order chi connectivity index (χ1) is 12.6. The van der Waals surface area contributed by atoms with Gasteiger partial charge in [-0.25, -0.2) is 0 Å². The monoisotopic (exact) mass is 384 g/mol. The SMILES string of the molecule is CC(Sc1nnnn1-c1ccc(Cl)cc1)C(=O)Nc1ccc(C#N)cc1. The average molecular weight is 385 g/mol. The largest absolute Gasteiger partial charge is 0.325 e. The highest BCUT2D eigenvalue weighted by atomic mass is 35.5. The van der Waals surface area contributed by atoms with Gasteiger partial charge in [0, 0.05) is 10.7 Å². The number of carbonyl (C=O) groups excluding carboxylic acids is 1. The van der Waals surface area contributed by atoms with Crippen LogP contribution in [0.1, 0.15) is 12.5 Å². The fourth-order valence-electron chi connectivity index (χ4n) is 2.08. The van der Waals surface area contributed by atoms with E-state index in [4.69, 9.17) is 16.9 Å². The van der Waals surface area contributed by atoms with Crippen molar-refractivity contribution < 1.29 is 4.79 Å². The summed E-state index contributed by atoms with van der Waals surface area (Å²) in [5, 5.41) is 23.9. The molecule has 1 aromatic heterocycles. The lowest BCUT2D eigenvalue weighted by Crippen LogP contribution is -2.22. The Balaban J connectivity index is 1.69. The van der Waals surface area contributed by atoms with E-state index in [0.717, 1.165) is 5.69 Å². The van der Waals surface area contributed by atoms with Crippen LogP contribution < -0.4 is 5.32 Å². The van der Waals surface area contributed by atoms with Crippen molar-refractivity contribution in [1.82, 2.24) is 20.2 Å². The van der Waals surface area contributed by atoms with Gasteiger partial charge in [-0.3, -0.25) is 4.79 Å². The molecule has 3 aromatic rings. The number of halogens is 1. The Bertz CT molecular complexity index is 949. The van der Waals surface area contributed by atoms with Crippen LogP contribution in [0.3, 0.4) is 0 Å². The van der Waals surface area contributed by atoms with Crippen molar-refractivity contribution in [2.75, 3.05) is 5.32 Å². The van der Waals surface area contributed by atoms with Gasteiger partial charge in [0.05, 0.1) is 22.6 Å². The molecule has 3 rings (SSSR count). The van der Waals surface area contributed by atoms with Crippen LogP contribution >= 0.6 is 23.4 Å². The van der Waals surface area contributed by atoms with Gasteiger partial charge < -0.3 is 5.32 Å². The maximum absolute atomic E-state index is 12.4. The molecule has 0 saturated heterocycles. The number of nitrogens with zero attached hydrogens (tertiary/aromatic N) is 5. The summed E-state index contributed by atoms with van der Waals surface area (Å²) in [6, 6.07) is 15.8. The zero-order valence-corrected chi connectivity index (χ0v) is 15.2. The smallest absolute Gasteiger partial charge is 0.237 e. The second kappa shape index (κ2) is 7.99. The van der Waals surface area contributed by atoms with Crippen molar-refractivity contribution in [2.45, 2.75) is 17.3 Å². The van der Waals surface area contributed by atoms with Crippen LogP contribution in [0.25, 0.3) is 5.69 Å². The number of hydrogen-bond donors (Lipinski definition) is 1. The van der Waals surface area contributed by atoms with Crippen molar-refractivity contribution in [3.05, 3.63) is 59.1 Å². The molecule has 0 aliphatic rings. The third-order valence-corrected chi connectivity index (χ3v) is 4.73. The molecule has 1 unspecified atom stereocenters. The Hall–Kier alpha value is -2.89. The molecule has 0 aliphatic heterocycles. The van der Waals surface area contributed by atoms with Gasteiger partial charge in [0.1, 0.15) is 0 Å². The maximum Gasteiger partial charge on any atom is 0.237 e. The summed E-state index contributed by atoms with van der Waals surface area (Å²) in [6.07, 6.45) is 0. The number of nitrogens with one attached hydrogen (secondary N) is 1. The molecule has 0 spiro atoms. The highest BCUT2D eigenvalue weighted by Crippen LogP contribution is 2.24. The number of anilines is 1. The Kier molecular flexibility index (Phi) is 5.51. The summed E-state index contributed by atoms with van der Waals surface area (Å²) in [5.41, 5.74) is 1.91. The minimum Gasteiger partial charge on any atom is -0.325 e. The summed E-state index contributed by atoms with van der Waals surface area (Å²) in [4.78, 5) is 12.4. The number of tetrazole rings is 1. The topological polar surface area (TPSA) is 96.5 Å².